The maximum absolute atomic E-state index is 11.6. The molecule has 10 nitrogen and oxygen atoms in total. The highest BCUT2D eigenvalue weighted by Gasteiger charge is 2.40. The van der Waals surface area contributed by atoms with E-state index in [1.165, 1.54) is 35.1 Å². The van der Waals surface area contributed by atoms with Crippen molar-refractivity contribution in [3.63, 3.8) is 0 Å². The van der Waals surface area contributed by atoms with Crippen LogP contribution in [0.1, 0.15) is 12.0 Å². The summed E-state index contributed by atoms with van der Waals surface area (Å²) in [6, 6.07) is 0.407. The van der Waals surface area contributed by atoms with Gasteiger partial charge in [0.1, 0.15) is 11.7 Å². The van der Waals surface area contributed by atoms with Crippen LogP contribution in [0.2, 0.25) is 0 Å². The third kappa shape index (κ3) is 3.52. The summed E-state index contributed by atoms with van der Waals surface area (Å²) in [7, 11) is 0. The van der Waals surface area contributed by atoms with Crippen molar-refractivity contribution >= 4 is 29.8 Å². The van der Waals surface area contributed by atoms with Crippen molar-refractivity contribution in [2.24, 2.45) is 0 Å². The minimum Gasteiger partial charge on any atom is -0.504 e. The number of carboxylic acid groups (broad SMARTS) is 3. The maximum Gasteiger partial charge on any atom is 0.373 e. The summed E-state index contributed by atoms with van der Waals surface area (Å²) in [4.78, 5) is 34.0. The zero-order valence-electron chi connectivity index (χ0n) is 14.4. The highest BCUT2D eigenvalue weighted by molar-refractivity contribution is 5.89. The lowest BCUT2D eigenvalue weighted by atomic mass is 10.00. The van der Waals surface area contributed by atoms with Gasteiger partial charge in [0.15, 0.2) is 17.7 Å². The third-order valence-electron chi connectivity index (χ3n) is 4.57. The van der Waals surface area contributed by atoms with Crippen molar-refractivity contribution in [1.29, 1.82) is 0 Å². The zero-order valence-corrected chi connectivity index (χ0v) is 14.4. The molecule has 28 heavy (non-hydrogen) atoms. The first-order chi connectivity index (χ1) is 13.2. The standard InChI is InChI=1S/C18H16N2O8/c21-14-6-9-5-13(18(27)28)20(12(9)7-15(14)22)2-1-8-3-10(16(23)24)19-11(4-8)17(25)26/h1-3,6-7,11,13H,4-5H2,(H5,21,22,23,24,25,26,27,28)/p+1/t11-,13-/m0/s1. The van der Waals surface area contributed by atoms with Crippen LogP contribution in [0.25, 0.3) is 0 Å². The van der Waals surface area contributed by atoms with Crippen molar-refractivity contribution < 1.29 is 44.5 Å². The molecule has 0 bridgehead atoms. The minimum atomic E-state index is -1.31. The highest BCUT2D eigenvalue weighted by atomic mass is 16.4. The molecule has 2 aliphatic rings. The van der Waals surface area contributed by atoms with Crippen LogP contribution in [0.15, 0.2) is 35.6 Å². The normalized spacial score (nSPS) is 23.8. The molecule has 0 unspecified atom stereocenters. The number of rotatable bonds is 4. The molecule has 0 saturated heterocycles. The molecule has 0 aliphatic carbocycles. The van der Waals surface area contributed by atoms with Crippen LogP contribution < -0.4 is 5.32 Å². The second-order valence-corrected chi connectivity index (χ2v) is 6.43. The molecule has 146 valence electrons. The van der Waals surface area contributed by atoms with Crippen LogP contribution in [0, 0.1) is 0 Å². The van der Waals surface area contributed by atoms with Crippen LogP contribution >= 0.6 is 0 Å². The monoisotopic (exact) mass is 389 g/mol. The van der Waals surface area contributed by atoms with Gasteiger partial charge in [-0.3, -0.25) is 0 Å². The summed E-state index contributed by atoms with van der Waals surface area (Å²) in [5.41, 5.74) is 1.00. The predicted molar refractivity (Wildman–Crippen MR) is 93.9 cm³/mol. The second kappa shape index (κ2) is 7.06. The van der Waals surface area contributed by atoms with Crippen LogP contribution in [0.5, 0.6) is 11.5 Å². The number of hydrogen-bond acceptors (Lipinski definition) is 6. The Morgan fingerprint density at radius 1 is 1.04 bits per heavy atom. The van der Waals surface area contributed by atoms with Gasteiger partial charge in [-0.05, 0) is 17.7 Å². The van der Waals surface area contributed by atoms with Crippen LogP contribution in [0.3, 0.4) is 0 Å². The van der Waals surface area contributed by atoms with Gasteiger partial charge >= 0.3 is 17.9 Å². The molecule has 0 amide bonds. The van der Waals surface area contributed by atoms with Crippen LogP contribution in [-0.4, -0.2) is 66.3 Å². The minimum absolute atomic E-state index is 0.00186. The molecular formula is C18H17N2O8+. The number of carbonyl (C=O) groups is 3. The van der Waals surface area contributed by atoms with E-state index in [4.69, 9.17) is 5.11 Å². The Kier molecular flexibility index (Phi) is 4.78. The lowest BCUT2D eigenvalue weighted by molar-refractivity contribution is -0.456. The number of fused-ring (bicyclic) bond motifs is 1. The largest absolute Gasteiger partial charge is 0.504 e. The van der Waals surface area contributed by atoms with Gasteiger partial charge in [0, 0.05) is 18.1 Å². The molecule has 2 heterocycles. The van der Waals surface area contributed by atoms with Crippen molar-refractivity contribution in [3.8, 4) is 11.5 Å². The van der Waals surface area contributed by atoms with Crippen molar-refractivity contribution in [3.05, 3.63) is 41.1 Å². The van der Waals surface area contributed by atoms with Gasteiger partial charge in [-0.15, -0.1) is 0 Å². The first-order valence-corrected chi connectivity index (χ1v) is 8.21. The fourth-order valence-corrected chi connectivity index (χ4v) is 3.20. The van der Waals surface area contributed by atoms with Gasteiger partial charge in [0.2, 0.25) is 5.69 Å². The van der Waals surface area contributed by atoms with E-state index >= 15 is 0 Å². The Bertz CT molecular complexity index is 976. The molecular weight excluding hydrogens is 372 g/mol. The van der Waals surface area contributed by atoms with Gasteiger partial charge in [-0.1, -0.05) is 0 Å². The number of nitrogens with zero attached hydrogens (tertiary/aromatic N) is 1. The number of aromatic hydroxyl groups is 2. The van der Waals surface area contributed by atoms with E-state index < -0.39 is 35.7 Å². The van der Waals surface area contributed by atoms with Gasteiger partial charge < -0.3 is 30.8 Å². The molecule has 0 fully saturated rings. The summed E-state index contributed by atoms with van der Waals surface area (Å²) in [5, 5.41) is 49.6. The Morgan fingerprint density at radius 3 is 2.32 bits per heavy atom. The molecule has 0 aromatic heterocycles. The summed E-state index contributed by atoms with van der Waals surface area (Å²) >= 11 is 0. The lowest BCUT2D eigenvalue weighted by Crippen LogP contribution is -2.41. The average molecular weight is 389 g/mol. The first kappa shape index (κ1) is 19.0. The van der Waals surface area contributed by atoms with E-state index in [9.17, 15) is 34.8 Å². The number of phenolic OH excluding ortho intramolecular Hbond substituents is 2. The van der Waals surface area contributed by atoms with E-state index in [2.05, 4.69) is 5.32 Å². The molecule has 3 rings (SSSR count). The van der Waals surface area contributed by atoms with Gasteiger partial charge in [-0.2, -0.15) is 4.58 Å². The smallest absolute Gasteiger partial charge is 0.373 e. The van der Waals surface area contributed by atoms with Gasteiger partial charge in [0.25, 0.3) is 6.04 Å². The number of carboxylic acids is 3. The van der Waals surface area contributed by atoms with Crippen molar-refractivity contribution in [2.45, 2.75) is 24.9 Å². The number of aliphatic carboxylic acids is 3. The average Bonchev–Trinajstić information content (AvgIpc) is 2.97. The van der Waals surface area contributed by atoms with E-state index in [1.54, 1.807) is 0 Å². The first-order valence-electron chi connectivity index (χ1n) is 8.21. The Morgan fingerprint density at radius 2 is 1.71 bits per heavy atom. The summed E-state index contributed by atoms with van der Waals surface area (Å²) in [6.45, 7) is 0. The number of hydrogen-bond donors (Lipinski definition) is 6. The fourth-order valence-electron chi connectivity index (χ4n) is 3.20. The Balaban J connectivity index is 2.04. The summed E-state index contributed by atoms with van der Waals surface area (Å²) < 4.78 is 1.37. The predicted octanol–water partition coefficient (Wildman–Crippen LogP) is 0.163. The summed E-state index contributed by atoms with van der Waals surface area (Å²) in [5.74, 6) is -4.42. The molecule has 0 radical (unpaired) electrons. The third-order valence-corrected chi connectivity index (χ3v) is 4.57. The van der Waals surface area contributed by atoms with E-state index in [-0.39, 0.29) is 24.3 Å². The van der Waals surface area contributed by atoms with E-state index in [0.29, 0.717) is 16.8 Å². The molecule has 0 spiro atoms. The molecule has 1 aromatic rings. The van der Waals surface area contributed by atoms with E-state index in [1.807, 2.05) is 0 Å². The molecule has 0 saturated carbocycles. The molecule has 2 aliphatic heterocycles. The van der Waals surface area contributed by atoms with Crippen molar-refractivity contribution in [2.75, 3.05) is 0 Å². The quantitative estimate of drug-likeness (QED) is 0.310. The zero-order chi connectivity index (χ0) is 20.6. The highest BCUT2D eigenvalue weighted by Crippen LogP contribution is 2.38. The van der Waals surface area contributed by atoms with Crippen LogP contribution in [0.4, 0.5) is 5.69 Å². The Labute approximate surface area is 158 Å². The maximum atomic E-state index is 11.6. The molecule has 1 aromatic carbocycles. The van der Waals surface area contributed by atoms with E-state index in [0.717, 1.165) is 0 Å². The van der Waals surface area contributed by atoms with Crippen molar-refractivity contribution in [1.82, 2.24) is 5.32 Å². The number of allylic oxidation sites excluding steroid dienone is 2. The second-order valence-electron chi connectivity index (χ2n) is 6.43. The fraction of sp³-hybridized carbons (Fsp3) is 0.222. The number of phenols is 2. The van der Waals surface area contributed by atoms with Gasteiger partial charge in [-0.25, -0.2) is 14.4 Å². The molecule has 10 heteroatoms. The SMILES string of the molecule is O=C(O)C1=C/C(=C/C=[N+]2/c3cc(O)c(O)cc3C[C@H]2C(=O)O)C[C@@H](C(=O)O)N1. The number of benzene rings is 1. The van der Waals surface area contributed by atoms with Gasteiger partial charge in [0.05, 0.1) is 12.5 Å². The van der Waals surface area contributed by atoms with Crippen LogP contribution in [-0.2, 0) is 20.8 Å². The topological polar surface area (TPSA) is 167 Å². The molecule has 2 atom stereocenters. The Hall–Kier alpha value is -3.82. The lowest BCUT2D eigenvalue weighted by Gasteiger charge is -2.21. The molecule has 6 N–H and O–H groups in total. The number of nitrogens with one attached hydrogen (secondary N) is 1. The summed E-state index contributed by atoms with van der Waals surface area (Å²) in [6.07, 6.45) is 4.21.